The Labute approximate surface area is 193 Å². The standard InChI is InChI=1S/C27H44O5/c1-24(2,31)12-11-23(30)27(5,32)22-9-8-18-17-7-6-16-14-20(28)21(29)15-26(16,4)19(17)10-13-25(18,22)3/h6-7,16,19-23,28-32H,8-15H2,1-5H3/t16-,19+,20-,21+,22+,23-,25+,26+,27-/m1/s1. The van der Waals surface area contributed by atoms with Gasteiger partial charge >= 0.3 is 0 Å². The Bertz CT molecular complexity index is 792. The summed E-state index contributed by atoms with van der Waals surface area (Å²) >= 11 is 0. The van der Waals surface area contributed by atoms with Gasteiger partial charge in [0, 0.05) is 0 Å². The summed E-state index contributed by atoms with van der Waals surface area (Å²) in [6, 6.07) is 0. The summed E-state index contributed by atoms with van der Waals surface area (Å²) in [7, 11) is 0. The van der Waals surface area contributed by atoms with E-state index in [1.165, 1.54) is 11.1 Å². The summed E-state index contributed by atoms with van der Waals surface area (Å²) in [5.41, 5.74) is 0.509. The van der Waals surface area contributed by atoms with Crippen LogP contribution >= 0.6 is 0 Å². The highest BCUT2D eigenvalue weighted by Gasteiger charge is 2.59. The molecule has 4 aliphatic carbocycles. The van der Waals surface area contributed by atoms with E-state index in [4.69, 9.17) is 0 Å². The molecule has 2 saturated carbocycles. The first kappa shape index (κ1) is 24.4. The Hall–Kier alpha value is -0.720. The molecule has 5 nitrogen and oxygen atoms in total. The summed E-state index contributed by atoms with van der Waals surface area (Å²) in [5.74, 6) is 0.614. The molecule has 0 amide bonds. The monoisotopic (exact) mass is 448 g/mol. The van der Waals surface area contributed by atoms with Crippen LogP contribution in [0.3, 0.4) is 0 Å². The lowest BCUT2D eigenvalue weighted by atomic mass is 9.50. The molecule has 2 fully saturated rings. The Kier molecular flexibility index (Phi) is 6.03. The highest BCUT2D eigenvalue weighted by atomic mass is 16.3. The van der Waals surface area contributed by atoms with E-state index in [0.29, 0.717) is 31.6 Å². The van der Waals surface area contributed by atoms with Gasteiger partial charge in [-0.05, 0) is 106 Å². The fourth-order valence-corrected chi connectivity index (χ4v) is 7.91. The van der Waals surface area contributed by atoms with E-state index in [0.717, 1.165) is 25.7 Å². The summed E-state index contributed by atoms with van der Waals surface area (Å²) in [4.78, 5) is 0. The van der Waals surface area contributed by atoms with Gasteiger partial charge in [-0.3, -0.25) is 0 Å². The molecule has 0 bridgehead atoms. The lowest BCUT2D eigenvalue weighted by Gasteiger charge is -2.56. The van der Waals surface area contributed by atoms with Gasteiger partial charge in [0.05, 0.1) is 29.5 Å². The van der Waals surface area contributed by atoms with Crippen LogP contribution in [0.25, 0.3) is 0 Å². The van der Waals surface area contributed by atoms with Crippen LogP contribution in [0.15, 0.2) is 23.3 Å². The maximum absolute atomic E-state index is 11.5. The molecule has 4 aliphatic rings. The second-order valence-electron chi connectivity index (χ2n) is 12.7. The van der Waals surface area contributed by atoms with E-state index in [-0.39, 0.29) is 22.7 Å². The minimum Gasteiger partial charge on any atom is -0.390 e. The molecular weight excluding hydrogens is 404 g/mol. The molecule has 0 heterocycles. The van der Waals surface area contributed by atoms with Crippen LogP contribution in [0, 0.1) is 28.6 Å². The molecule has 182 valence electrons. The van der Waals surface area contributed by atoms with E-state index in [9.17, 15) is 25.5 Å². The first-order valence-corrected chi connectivity index (χ1v) is 12.6. The van der Waals surface area contributed by atoms with Crippen molar-refractivity contribution in [2.24, 2.45) is 28.6 Å². The molecule has 0 aromatic heterocycles. The third-order valence-electron chi connectivity index (χ3n) is 9.97. The zero-order chi connectivity index (χ0) is 23.7. The predicted octanol–water partition coefficient (Wildman–Crippen LogP) is 3.48. The van der Waals surface area contributed by atoms with Gasteiger partial charge in [-0.25, -0.2) is 0 Å². The molecule has 0 saturated heterocycles. The van der Waals surface area contributed by atoms with Crippen molar-refractivity contribution in [1.82, 2.24) is 0 Å². The molecule has 0 aromatic carbocycles. The molecule has 9 atom stereocenters. The summed E-state index contributed by atoms with van der Waals surface area (Å²) in [6.07, 6.45) is 8.15. The van der Waals surface area contributed by atoms with Gasteiger partial charge in [-0.2, -0.15) is 0 Å². The van der Waals surface area contributed by atoms with Gasteiger partial charge in [0.15, 0.2) is 0 Å². The lowest BCUT2D eigenvalue weighted by molar-refractivity contribution is -0.133. The minimum atomic E-state index is -1.22. The Morgan fingerprint density at radius 2 is 1.78 bits per heavy atom. The molecule has 5 heteroatoms. The predicted molar refractivity (Wildman–Crippen MR) is 125 cm³/mol. The van der Waals surface area contributed by atoms with Crippen molar-refractivity contribution in [3.63, 3.8) is 0 Å². The molecule has 0 unspecified atom stereocenters. The van der Waals surface area contributed by atoms with E-state index < -0.39 is 29.5 Å². The number of hydrogen-bond donors (Lipinski definition) is 5. The van der Waals surface area contributed by atoms with E-state index >= 15 is 0 Å². The fourth-order valence-electron chi connectivity index (χ4n) is 7.91. The van der Waals surface area contributed by atoms with Crippen molar-refractivity contribution < 1.29 is 25.5 Å². The maximum atomic E-state index is 11.5. The van der Waals surface area contributed by atoms with Crippen molar-refractivity contribution in [2.45, 2.75) is 115 Å². The number of aliphatic hydroxyl groups is 5. The van der Waals surface area contributed by atoms with Crippen LogP contribution in [0.1, 0.15) is 86.0 Å². The van der Waals surface area contributed by atoms with Crippen molar-refractivity contribution in [1.29, 1.82) is 0 Å². The molecule has 0 spiro atoms. The maximum Gasteiger partial charge on any atom is 0.0913 e. The van der Waals surface area contributed by atoms with Gasteiger partial charge in [0.25, 0.3) is 0 Å². The first-order valence-electron chi connectivity index (χ1n) is 12.6. The molecule has 4 rings (SSSR count). The smallest absolute Gasteiger partial charge is 0.0913 e. The van der Waals surface area contributed by atoms with Gasteiger partial charge in [-0.15, -0.1) is 0 Å². The van der Waals surface area contributed by atoms with Crippen LogP contribution in [-0.4, -0.2) is 55.0 Å². The SMILES string of the molecule is CC(C)(O)CC[C@@H](O)[C@](C)(O)[C@H]1CCC2=C3C=C[C@@H]4C[C@@H](O)[C@@H](O)C[C@]4(C)[C@H]3CC[C@@]21C. The topological polar surface area (TPSA) is 101 Å². The molecular formula is C27H44O5. The highest BCUT2D eigenvalue weighted by molar-refractivity contribution is 5.42. The lowest BCUT2D eigenvalue weighted by Crippen LogP contribution is -2.53. The highest BCUT2D eigenvalue weighted by Crippen LogP contribution is 2.65. The summed E-state index contributed by atoms with van der Waals surface area (Å²) < 4.78 is 0. The van der Waals surface area contributed by atoms with Crippen LogP contribution in [0.2, 0.25) is 0 Å². The van der Waals surface area contributed by atoms with E-state index in [2.05, 4.69) is 26.0 Å². The normalized spacial score (nSPS) is 44.5. The average Bonchev–Trinajstić information content (AvgIpc) is 3.04. The fraction of sp³-hybridized carbons (Fsp3) is 0.852. The second-order valence-corrected chi connectivity index (χ2v) is 12.7. The van der Waals surface area contributed by atoms with E-state index in [1.807, 2.05) is 0 Å². The summed E-state index contributed by atoms with van der Waals surface area (Å²) in [5, 5.41) is 53.3. The number of hydrogen-bond acceptors (Lipinski definition) is 5. The largest absolute Gasteiger partial charge is 0.390 e. The molecule has 5 N–H and O–H groups in total. The molecule has 0 radical (unpaired) electrons. The zero-order valence-corrected chi connectivity index (χ0v) is 20.5. The second kappa shape index (κ2) is 7.91. The van der Waals surface area contributed by atoms with Crippen LogP contribution in [-0.2, 0) is 0 Å². The molecule has 0 aromatic rings. The third-order valence-corrected chi connectivity index (χ3v) is 9.97. The Morgan fingerprint density at radius 1 is 1.09 bits per heavy atom. The van der Waals surface area contributed by atoms with Crippen molar-refractivity contribution in [3.8, 4) is 0 Å². The minimum absolute atomic E-state index is 0.0343. The van der Waals surface area contributed by atoms with E-state index in [1.54, 1.807) is 20.8 Å². The number of allylic oxidation sites excluding steroid dienone is 4. The number of aliphatic hydroxyl groups excluding tert-OH is 3. The zero-order valence-electron chi connectivity index (χ0n) is 20.5. The number of fused-ring (bicyclic) bond motifs is 4. The van der Waals surface area contributed by atoms with Gasteiger partial charge in [0.1, 0.15) is 0 Å². The average molecular weight is 449 g/mol. The Morgan fingerprint density at radius 3 is 2.44 bits per heavy atom. The van der Waals surface area contributed by atoms with Crippen molar-refractivity contribution in [3.05, 3.63) is 23.3 Å². The molecule has 0 aliphatic heterocycles. The quantitative estimate of drug-likeness (QED) is 0.443. The van der Waals surface area contributed by atoms with Crippen molar-refractivity contribution >= 4 is 0 Å². The van der Waals surface area contributed by atoms with Gasteiger partial charge < -0.3 is 25.5 Å². The van der Waals surface area contributed by atoms with Gasteiger partial charge in [-0.1, -0.05) is 31.6 Å². The Balaban J connectivity index is 1.63. The summed E-state index contributed by atoms with van der Waals surface area (Å²) in [6.45, 7) is 9.80. The first-order chi connectivity index (χ1) is 14.7. The van der Waals surface area contributed by atoms with Crippen molar-refractivity contribution in [2.75, 3.05) is 0 Å². The van der Waals surface area contributed by atoms with Gasteiger partial charge in [0.2, 0.25) is 0 Å². The number of rotatable bonds is 5. The van der Waals surface area contributed by atoms with Crippen LogP contribution < -0.4 is 0 Å². The molecule has 32 heavy (non-hydrogen) atoms. The van der Waals surface area contributed by atoms with Crippen LogP contribution in [0.5, 0.6) is 0 Å². The van der Waals surface area contributed by atoms with Crippen LogP contribution in [0.4, 0.5) is 0 Å². The third kappa shape index (κ3) is 3.82.